The van der Waals surface area contributed by atoms with E-state index in [-0.39, 0.29) is 16.4 Å². The number of carbonyl (C=O) groups excluding carboxylic acids is 1. The fraction of sp³-hybridized carbons (Fsp3) is 0.133. The molecule has 0 fully saturated rings. The molecule has 2 rings (SSSR count). The molecular weight excluding hydrogens is 274 g/mol. The highest BCUT2D eigenvalue weighted by molar-refractivity contribution is 7.90. The van der Waals surface area contributed by atoms with Gasteiger partial charge in [-0.2, -0.15) is 0 Å². The van der Waals surface area contributed by atoms with Crippen molar-refractivity contribution in [2.45, 2.75) is 4.90 Å². The van der Waals surface area contributed by atoms with Crippen molar-refractivity contribution in [2.24, 2.45) is 0 Å². The van der Waals surface area contributed by atoms with Crippen molar-refractivity contribution in [2.75, 3.05) is 18.2 Å². The van der Waals surface area contributed by atoms with Gasteiger partial charge in [0.2, 0.25) is 0 Å². The van der Waals surface area contributed by atoms with E-state index < -0.39 is 9.84 Å². The lowest BCUT2D eigenvalue weighted by Gasteiger charge is -2.18. The Hall–Kier alpha value is -2.14. The molecule has 0 aliphatic carbocycles. The van der Waals surface area contributed by atoms with Crippen LogP contribution in [0.25, 0.3) is 0 Å². The topological polar surface area (TPSA) is 54.5 Å². The Morgan fingerprint density at radius 3 is 2.10 bits per heavy atom. The zero-order chi connectivity index (χ0) is 14.8. The van der Waals surface area contributed by atoms with E-state index in [1.54, 1.807) is 31.3 Å². The van der Waals surface area contributed by atoms with Crippen molar-refractivity contribution >= 4 is 21.4 Å². The lowest BCUT2D eigenvalue weighted by Crippen LogP contribution is -2.27. The van der Waals surface area contributed by atoms with Crippen molar-refractivity contribution in [3.8, 4) is 0 Å². The second kappa shape index (κ2) is 5.46. The fourth-order valence-electron chi connectivity index (χ4n) is 1.92. The zero-order valence-electron chi connectivity index (χ0n) is 11.3. The molecule has 0 spiro atoms. The van der Waals surface area contributed by atoms with Crippen LogP contribution in [0.4, 0.5) is 5.69 Å². The van der Waals surface area contributed by atoms with Gasteiger partial charge in [0.05, 0.1) is 10.5 Å². The van der Waals surface area contributed by atoms with Crippen LogP contribution >= 0.6 is 0 Å². The van der Waals surface area contributed by atoms with Gasteiger partial charge < -0.3 is 4.90 Å². The minimum Gasteiger partial charge on any atom is -0.311 e. The van der Waals surface area contributed by atoms with Crippen LogP contribution in [0.1, 0.15) is 10.4 Å². The van der Waals surface area contributed by atoms with E-state index in [2.05, 4.69) is 0 Å². The largest absolute Gasteiger partial charge is 0.311 e. The molecule has 1 amide bonds. The molecule has 4 nitrogen and oxygen atoms in total. The highest BCUT2D eigenvalue weighted by Gasteiger charge is 2.21. The van der Waals surface area contributed by atoms with E-state index >= 15 is 0 Å². The third-order valence-corrected chi connectivity index (χ3v) is 4.12. The minimum atomic E-state index is -3.44. The van der Waals surface area contributed by atoms with Gasteiger partial charge >= 0.3 is 0 Å². The summed E-state index contributed by atoms with van der Waals surface area (Å²) in [6.45, 7) is 0. The summed E-state index contributed by atoms with van der Waals surface area (Å²) in [5.41, 5.74) is 0.891. The summed E-state index contributed by atoms with van der Waals surface area (Å²) in [5, 5.41) is 0. The average Bonchev–Trinajstić information content (AvgIpc) is 2.46. The van der Waals surface area contributed by atoms with Gasteiger partial charge in [-0.05, 0) is 24.3 Å². The van der Waals surface area contributed by atoms with Gasteiger partial charge in [0, 0.05) is 19.0 Å². The van der Waals surface area contributed by atoms with Crippen LogP contribution in [0.2, 0.25) is 0 Å². The van der Waals surface area contributed by atoms with Crippen molar-refractivity contribution in [1.29, 1.82) is 0 Å². The summed E-state index contributed by atoms with van der Waals surface area (Å²) in [6, 6.07) is 15.3. The summed E-state index contributed by atoms with van der Waals surface area (Å²) in [5.74, 6) is -0.350. The summed E-state index contributed by atoms with van der Waals surface area (Å²) < 4.78 is 23.5. The number of nitrogens with zero attached hydrogens (tertiary/aromatic N) is 1. The third-order valence-electron chi connectivity index (χ3n) is 2.97. The maximum absolute atomic E-state index is 12.5. The standard InChI is InChI=1S/C15H15NO3S/c1-16(12-8-4-3-5-9-12)15(17)13-10-6-7-11-14(13)20(2,18)19/h3-11H,1-2H3. The Labute approximate surface area is 118 Å². The number of para-hydroxylation sites is 1. The molecule has 0 heterocycles. The van der Waals surface area contributed by atoms with Crippen LogP contribution in [0.3, 0.4) is 0 Å². The first-order chi connectivity index (χ1) is 9.41. The van der Waals surface area contributed by atoms with Gasteiger partial charge in [0.25, 0.3) is 5.91 Å². The van der Waals surface area contributed by atoms with Crippen LogP contribution in [0, 0.1) is 0 Å². The Morgan fingerprint density at radius 1 is 0.950 bits per heavy atom. The predicted octanol–water partition coefficient (Wildman–Crippen LogP) is 2.37. The van der Waals surface area contributed by atoms with E-state index in [1.807, 2.05) is 18.2 Å². The van der Waals surface area contributed by atoms with Gasteiger partial charge in [-0.3, -0.25) is 4.79 Å². The smallest absolute Gasteiger partial charge is 0.259 e. The number of carbonyl (C=O) groups is 1. The van der Waals surface area contributed by atoms with Gasteiger partial charge in [0.1, 0.15) is 0 Å². The molecule has 0 N–H and O–H groups in total. The summed E-state index contributed by atoms with van der Waals surface area (Å²) in [6.07, 6.45) is 1.10. The molecule has 2 aromatic carbocycles. The molecule has 0 radical (unpaired) electrons. The second-order valence-corrected chi connectivity index (χ2v) is 6.45. The Kier molecular flexibility index (Phi) is 3.90. The molecule has 0 atom stereocenters. The number of hydrogen-bond acceptors (Lipinski definition) is 3. The van der Waals surface area contributed by atoms with Crippen molar-refractivity contribution in [3.05, 3.63) is 60.2 Å². The Morgan fingerprint density at radius 2 is 1.50 bits per heavy atom. The summed E-state index contributed by atoms with van der Waals surface area (Å²) in [4.78, 5) is 14.0. The molecule has 0 aliphatic heterocycles. The molecule has 2 aromatic rings. The summed E-state index contributed by atoms with van der Waals surface area (Å²) >= 11 is 0. The first kappa shape index (κ1) is 14.3. The van der Waals surface area contributed by atoms with Crippen molar-refractivity contribution in [3.63, 3.8) is 0 Å². The SMILES string of the molecule is CN(C(=O)c1ccccc1S(C)(=O)=O)c1ccccc1. The third kappa shape index (κ3) is 2.88. The maximum atomic E-state index is 12.5. The molecule has 0 aromatic heterocycles. The predicted molar refractivity (Wildman–Crippen MR) is 78.7 cm³/mol. The normalized spacial score (nSPS) is 11.1. The number of anilines is 1. The van der Waals surface area contributed by atoms with Gasteiger partial charge in [0.15, 0.2) is 9.84 Å². The van der Waals surface area contributed by atoms with Crippen LogP contribution in [0.15, 0.2) is 59.5 Å². The second-order valence-electron chi connectivity index (χ2n) is 4.47. The fourth-order valence-corrected chi connectivity index (χ4v) is 2.80. The number of hydrogen-bond donors (Lipinski definition) is 0. The van der Waals surface area contributed by atoms with E-state index in [0.29, 0.717) is 5.69 Å². The first-order valence-electron chi connectivity index (χ1n) is 6.03. The first-order valence-corrected chi connectivity index (χ1v) is 7.92. The Bertz CT molecular complexity index is 724. The molecule has 20 heavy (non-hydrogen) atoms. The zero-order valence-corrected chi connectivity index (χ0v) is 12.1. The van der Waals surface area contributed by atoms with Crippen LogP contribution in [-0.4, -0.2) is 27.6 Å². The quantitative estimate of drug-likeness (QED) is 0.871. The van der Waals surface area contributed by atoms with Gasteiger partial charge in [-0.1, -0.05) is 30.3 Å². The minimum absolute atomic E-state index is 0.0489. The monoisotopic (exact) mass is 289 g/mol. The molecule has 0 saturated carbocycles. The van der Waals surface area contributed by atoms with Gasteiger partial charge in [-0.15, -0.1) is 0 Å². The molecular formula is C15H15NO3S. The number of amides is 1. The van der Waals surface area contributed by atoms with E-state index in [9.17, 15) is 13.2 Å². The lowest BCUT2D eigenvalue weighted by atomic mass is 10.2. The number of rotatable bonds is 3. The average molecular weight is 289 g/mol. The molecule has 104 valence electrons. The van der Waals surface area contributed by atoms with E-state index in [1.165, 1.54) is 17.0 Å². The van der Waals surface area contributed by atoms with E-state index in [4.69, 9.17) is 0 Å². The number of sulfone groups is 1. The van der Waals surface area contributed by atoms with Crippen molar-refractivity contribution in [1.82, 2.24) is 0 Å². The molecule has 0 unspecified atom stereocenters. The molecule has 5 heteroatoms. The molecule has 0 saturated heterocycles. The van der Waals surface area contributed by atoms with Crippen LogP contribution in [-0.2, 0) is 9.84 Å². The lowest BCUT2D eigenvalue weighted by molar-refractivity contribution is 0.0990. The number of benzene rings is 2. The van der Waals surface area contributed by atoms with Crippen LogP contribution < -0.4 is 4.90 Å². The van der Waals surface area contributed by atoms with E-state index in [0.717, 1.165) is 6.26 Å². The highest BCUT2D eigenvalue weighted by Crippen LogP contribution is 2.20. The molecule has 0 bridgehead atoms. The Balaban J connectivity index is 2.45. The molecule has 0 aliphatic rings. The highest BCUT2D eigenvalue weighted by atomic mass is 32.2. The summed E-state index contributed by atoms with van der Waals surface area (Å²) in [7, 11) is -1.82. The van der Waals surface area contributed by atoms with Crippen LogP contribution in [0.5, 0.6) is 0 Å². The van der Waals surface area contributed by atoms with Gasteiger partial charge in [-0.25, -0.2) is 8.42 Å². The van der Waals surface area contributed by atoms with Crippen molar-refractivity contribution < 1.29 is 13.2 Å². The maximum Gasteiger partial charge on any atom is 0.259 e.